The number of carboxylic acids is 1. The Kier molecular flexibility index (Phi) is 6.89. The molecule has 0 saturated carbocycles. The molecule has 0 heterocycles. The maximum atomic E-state index is 12.5. The van der Waals surface area contributed by atoms with E-state index >= 15 is 0 Å². The Morgan fingerprint density at radius 3 is 0.967 bits per heavy atom. The number of carbonyl (C=O) groups is 1. The van der Waals surface area contributed by atoms with E-state index in [1.54, 1.807) is 0 Å². The van der Waals surface area contributed by atoms with Gasteiger partial charge in [0.25, 0.3) is 0 Å². The normalized spacial score (nSPS) is 12.2. The number of carboxylic acid groups (broad SMARTS) is 1. The minimum atomic E-state index is -3.54. The Bertz CT molecular complexity index is 931. The van der Waals surface area contributed by atoms with E-state index in [1.807, 2.05) is 72.8 Å². The molecule has 0 bridgehead atoms. The first-order valence-electron chi connectivity index (χ1n) is 9.63. The Morgan fingerprint density at radius 1 is 0.533 bits per heavy atom. The second-order valence-corrected chi connectivity index (χ2v) is 12.2. The summed E-state index contributed by atoms with van der Waals surface area (Å²) in [6.07, 6.45) is 0. The van der Waals surface area contributed by atoms with Gasteiger partial charge < -0.3 is 5.11 Å². The molecule has 0 spiro atoms. The summed E-state index contributed by atoms with van der Waals surface area (Å²) >= 11 is 0. The zero-order valence-electron chi connectivity index (χ0n) is 16.1. The van der Waals surface area contributed by atoms with Crippen molar-refractivity contribution in [1.29, 1.82) is 0 Å². The van der Waals surface area contributed by atoms with Gasteiger partial charge in [-0.2, -0.15) is 9.16 Å². The fourth-order valence-electron chi connectivity index (χ4n) is 4.56. The molecule has 0 aromatic heterocycles. The van der Waals surface area contributed by atoms with Crippen molar-refractivity contribution >= 4 is 44.7 Å². The molecule has 2 nitrogen and oxygen atoms in total. The van der Waals surface area contributed by atoms with Crippen molar-refractivity contribution in [3.8, 4) is 0 Å². The average Bonchev–Trinajstić information content (AvgIpc) is 2.80. The molecule has 0 fully saturated rings. The van der Waals surface area contributed by atoms with Gasteiger partial charge >= 0.3 is 35.5 Å². The van der Waals surface area contributed by atoms with Crippen molar-refractivity contribution in [1.82, 2.24) is 0 Å². The number of hydrogen-bond acceptors (Lipinski definition) is 1. The van der Waals surface area contributed by atoms with E-state index in [1.165, 1.54) is 0 Å². The van der Waals surface area contributed by atoms with Gasteiger partial charge in [0.1, 0.15) is 0 Å². The van der Waals surface area contributed by atoms with Crippen LogP contribution in [0.25, 0.3) is 0 Å². The Balaban J connectivity index is 0.00000256. The van der Waals surface area contributed by atoms with Crippen LogP contribution >= 0.6 is 9.16 Å². The summed E-state index contributed by atoms with van der Waals surface area (Å²) in [4.78, 5) is 16.8. The third-order valence-electron chi connectivity index (χ3n) is 5.76. The van der Waals surface area contributed by atoms with Crippen LogP contribution < -0.4 is 0 Å². The van der Waals surface area contributed by atoms with E-state index in [9.17, 15) is 9.90 Å². The maximum absolute atomic E-state index is 12.5. The van der Waals surface area contributed by atoms with E-state index in [0.717, 1.165) is 19.6 Å². The van der Waals surface area contributed by atoms with Crippen LogP contribution in [-0.2, 0) is 4.79 Å². The van der Waals surface area contributed by atoms with Gasteiger partial charge in [0.05, 0.1) is 5.75 Å². The monoisotopic (exact) mass is 424 g/mol. The summed E-state index contributed by atoms with van der Waals surface area (Å²) in [5, 5.41) is 10.3. The molecule has 4 rings (SSSR count). The van der Waals surface area contributed by atoms with Crippen molar-refractivity contribution in [2.45, 2.75) is 19.6 Å². The van der Waals surface area contributed by atoms with E-state index < -0.39 is 15.1 Å². The zero-order valence-corrected chi connectivity index (χ0v) is 17.0. The summed E-state index contributed by atoms with van der Waals surface area (Å²) in [6, 6.07) is 40.7. The zero-order chi connectivity index (χ0) is 20.2. The average molecular weight is 425 g/mol. The fraction of sp³-hybridized carbons (Fsp3) is 0.0385. The molecule has 30 heavy (non-hydrogen) atoms. The summed E-state index contributed by atoms with van der Waals surface area (Å²) in [7, 11) is -3.54. The van der Waals surface area contributed by atoms with Gasteiger partial charge in [-0.15, -0.1) is 0 Å². The van der Waals surface area contributed by atoms with Crippen LogP contribution in [0.5, 0.6) is 0 Å². The van der Waals surface area contributed by atoms with Crippen LogP contribution in [-0.4, -0.2) is 46.4 Å². The van der Waals surface area contributed by atoms with Crippen molar-refractivity contribution in [2.75, 3.05) is 5.75 Å². The van der Waals surface area contributed by atoms with Gasteiger partial charge in [0.15, 0.2) is 0 Å². The molecule has 0 aliphatic carbocycles. The van der Waals surface area contributed by atoms with E-state index in [4.69, 9.17) is 0 Å². The molecule has 0 saturated heterocycles. The summed E-state index contributed by atoms with van der Waals surface area (Å²) in [6.45, 7) is 0. The van der Waals surface area contributed by atoms with Gasteiger partial charge in [0, 0.05) is 0 Å². The van der Waals surface area contributed by atoms with E-state index in [2.05, 4.69) is 48.5 Å². The van der Waals surface area contributed by atoms with Crippen molar-refractivity contribution in [2.24, 2.45) is 0 Å². The van der Waals surface area contributed by atoms with E-state index in [0.29, 0.717) is 0 Å². The van der Waals surface area contributed by atoms with Gasteiger partial charge in [0.2, 0.25) is 0 Å². The predicted molar refractivity (Wildman–Crippen MR) is 127 cm³/mol. The van der Waals surface area contributed by atoms with Crippen LogP contribution in [0.4, 0.5) is 0 Å². The van der Waals surface area contributed by atoms with Crippen molar-refractivity contribution < 1.29 is 9.90 Å². The number of benzene rings is 4. The standard InChI is InChI=1S/C26H24O2S.Na.H/c27-26(28)21-29(22-13-5-1-6-14-22,23-15-7-2-8-16-23,24-17-9-3-10-18-24)25-19-11-4-12-20-25;;/h1-20,29H,21H2,(H,27,28);;. The first-order valence-corrected chi connectivity index (χ1v) is 12.1. The predicted octanol–water partition coefficient (Wildman–Crippen LogP) is 5.73. The summed E-state index contributed by atoms with van der Waals surface area (Å²) < 4.78 is 0. The van der Waals surface area contributed by atoms with Crippen LogP contribution in [0, 0.1) is 0 Å². The van der Waals surface area contributed by atoms with Crippen molar-refractivity contribution in [3.63, 3.8) is 0 Å². The number of rotatable bonds is 6. The molecule has 0 aliphatic rings. The van der Waals surface area contributed by atoms with Gasteiger partial charge in [-0.25, -0.2) is 0 Å². The Hall–Kier alpha value is -2.30. The SMILES string of the molecule is O=C(O)C[SH](c1ccccc1)(c1ccccc1)(c1ccccc1)c1ccccc1.[NaH]. The number of hydrogen-bond donors (Lipinski definition) is 2. The molecule has 148 valence electrons. The molecule has 0 atom stereocenters. The summed E-state index contributed by atoms with van der Waals surface area (Å²) in [5.41, 5.74) is 0. The van der Waals surface area contributed by atoms with Gasteiger partial charge in [-0.1, -0.05) is 121 Å². The Labute approximate surface area is 200 Å². The number of thiol groups is 1. The second-order valence-electron chi connectivity index (χ2n) is 7.20. The third-order valence-corrected chi connectivity index (χ3v) is 12.4. The first kappa shape index (κ1) is 22.4. The van der Waals surface area contributed by atoms with Crippen LogP contribution in [0.3, 0.4) is 0 Å². The molecule has 1 N–H and O–H groups in total. The van der Waals surface area contributed by atoms with E-state index in [-0.39, 0.29) is 35.3 Å². The van der Waals surface area contributed by atoms with Crippen LogP contribution in [0.2, 0.25) is 0 Å². The fourth-order valence-corrected chi connectivity index (χ4v) is 10.9. The molecule has 0 amide bonds. The quantitative estimate of drug-likeness (QED) is 0.306. The van der Waals surface area contributed by atoms with Gasteiger partial charge in [-0.05, 0) is 19.6 Å². The Morgan fingerprint density at radius 2 is 0.767 bits per heavy atom. The molecule has 4 aromatic carbocycles. The molecule has 4 aromatic rings. The molecule has 0 aliphatic heterocycles. The van der Waals surface area contributed by atoms with Crippen molar-refractivity contribution in [3.05, 3.63) is 121 Å². The topological polar surface area (TPSA) is 37.3 Å². The second kappa shape index (κ2) is 9.23. The third kappa shape index (κ3) is 3.42. The van der Waals surface area contributed by atoms with Crippen LogP contribution in [0.1, 0.15) is 0 Å². The number of aliphatic carboxylic acids is 1. The molecular formula is C26H25NaO2S. The summed E-state index contributed by atoms with van der Waals surface area (Å²) in [5.74, 6) is -0.781. The molecular weight excluding hydrogens is 399 g/mol. The van der Waals surface area contributed by atoms with Gasteiger partial charge in [-0.3, -0.25) is 4.79 Å². The molecule has 0 radical (unpaired) electrons. The first-order chi connectivity index (χ1) is 14.2. The molecule has 0 unspecified atom stereocenters. The minimum absolute atomic E-state index is 0. The molecule has 4 heteroatoms. The van der Waals surface area contributed by atoms with Crippen LogP contribution in [0.15, 0.2) is 141 Å².